The maximum absolute atomic E-state index is 6.19. The van der Waals surface area contributed by atoms with Crippen molar-refractivity contribution in [3.8, 4) is 11.5 Å². The van der Waals surface area contributed by atoms with Crippen LogP contribution in [0.3, 0.4) is 0 Å². The first kappa shape index (κ1) is 11.4. The molecule has 23 heavy (non-hydrogen) atoms. The van der Waals surface area contributed by atoms with Gasteiger partial charge in [-0.05, 0) is 28.3 Å². The molecule has 4 aromatic carbocycles. The lowest BCUT2D eigenvalue weighted by Gasteiger charge is -2.21. The first-order chi connectivity index (χ1) is 11.4. The van der Waals surface area contributed by atoms with E-state index in [1.807, 2.05) is 24.4 Å². The van der Waals surface area contributed by atoms with Crippen LogP contribution in [0.5, 0.6) is 11.5 Å². The Morgan fingerprint density at radius 2 is 1.48 bits per heavy atom. The number of rotatable bonds is 0. The molecule has 1 aromatic heterocycles. The van der Waals surface area contributed by atoms with E-state index in [2.05, 4.69) is 47.4 Å². The number of ether oxygens (including phenoxy) is 1. The Labute approximate surface area is 131 Å². The van der Waals surface area contributed by atoms with Gasteiger partial charge in [-0.15, -0.1) is 0 Å². The molecule has 2 heteroatoms. The first-order valence-electron chi connectivity index (χ1n) is 7.74. The molecule has 0 saturated carbocycles. The van der Waals surface area contributed by atoms with E-state index >= 15 is 0 Å². The largest absolute Gasteiger partial charge is 0.456 e. The summed E-state index contributed by atoms with van der Waals surface area (Å²) in [5, 5.41) is 8.50. The fourth-order valence-electron chi connectivity index (χ4n) is 3.93. The zero-order valence-electron chi connectivity index (χ0n) is 12.2. The van der Waals surface area contributed by atoms with Gasteiger partial charge < -0.3 is 4.74 Å². The maximum atomic E-state index is 6.19. The smallest absolute Gasteiger partial charge is 0.139 e. The highest BCUT2D eigenvalue weighted by Crippen LogP contribution is 2.48. The van der Waals surface area contributed by atoms with Gasteiger partial charge in [0.2, 0.25) is 0 Å². The second-order valence-electron chi connectivity index (χ2n) is 6.02. The van der Waals surface area contributed by atoms with Crippen molar-refractivity contribution < 1.29 is 4.74 Å². The van der Waals surface area contributed by atoms with Crippen molar-refractivity contribution >= 4 is 43.2 Å². The minimum absolute atomic E-state index is 0.900. The monoisotopic (exact) mass is 293 g/mol. The van der Waals surface area contributed by atoms with Crippen LogP contribution in [0.25, 0.3) is 43.2 Å². The van der Waals surface area contributed by atoms with Crippen molar-refractivity contribution in [1.29, 1.82) is 0 Å². The highest BCUT2D eigenvalue weighted by molar-refractivity contribution is 6.33. The second kappa shape index (κ2) is 3.79. The van der Waals surface area contributed by atoms with Crippen LogP contribution < -0.4 is 4.74 Å². The molecular weight excluding hydrogens is 282 g/mol. The van der Waals surface area contributed by atoms with E-state index in [1.165, 1.54) is 32.3 Å². The van der Waals surface area contributed by atoms with Crippen LogP contribution in [0.1, 0.15) is 0 Å². The van der Waals surface area contributed by atoms with Crippen LogP contribution in [0.15, 0.2) is 66.9 Å². The third-order valence-electron chi connectivity index (χ3n) is 4.86. The second-order valence-corrected chi connectivity index (χ2v) is 6.02. The zero-order valence-corrected chi connectivity index (χ0v) is 12.2. The van der Waals surface area contributed by atoms with Crippen LogP contribution in [0.2, 0.25) is 0 Å². The topological polar surface area (TPSA) is 22.1 Å². The quantitative estimate of drug-likeness (QED) is 0.330. The van der Waals surface area contributed by atoms with Gasteiger partial charge in [-0.2, -0.15) is 0 Å². The Bertz CT molecular complexity index is 1290. The van der Waals surface area contributed by atoms with Crippen molar-refractivity contribution in [2.75, 3.05) is 0 Å². The van der Waals surface area contributed by atoms with Gasteiger partial charge in [-0.25, -0.2) is 0 Å². The molecule has 0 N–H and O–H groups in total. The van der Waals surface area contributed by atoms with Crippen LogP contribution in [0.4, 0.5) is 0 Å². The summed E-state index contributed by atoms with van der Waals surface area (Å²) in [6.07, 6.45) is 1.84. The first-order valence-corrected chi connectivity index (χ1v) is 7.74. The van der Waals surface area contributed by atoms with Crippen LogP contribution >= 0.6 is 0 Å². The molecule has 1 aliphatic heterocycles. The van der Waals surface area contributed by atoms with E-state index in [4.69, 9.17) is 4.74 Å². The van der Waals surface area contributed by atoms with Gasteiger partial charge in [0.05, 0.1) is 10.9 Å². The summed E-state index contributed by atoms with van der Waals surface area (Å²) in [4.78, 5) is 4.68. The summed E-state index contributed by atoms with van der Waals surface area (Å²) in [6, 6.07) is 21.1. The standard InChI is InChI=1S/C21H11NO/c1-2-6-15-13(5-1)14-9-8-12-4-3-7-16-18(12)19(14)20-17(23-16)10-11-22-21(15)20/h1-11H. The van der Waals surface area contributed by atoms with Crippen molar-refractivity contribution in [3.63, 3.8) is 0 Å². The molecular formula is C21H11NO. The summed E-state index contributed by atoms with van der Waals surface area (Å²) in [5.41, 5.74) is 1.02. The van der Waals surface area contributed by atoms with Gasteiger partial charge in [0.25, 0.3) is 0 Å². The van der Waals surface area contributed by atoms with Crippen molar-refractivity contribution in [1.82, 2.24) is 4.98 Å². The predicted molar refractivity (Wildman–Crippen MR) is 94.3 cm³/mol. The highest BCUT2D eigenvalue weighted by Gasteiger charge is 2.21. The van der Waals surface area contributed by atoms with Crippen molar-refractivity contribution in [2.24, 2.45) is 0 Å². The van der Waals surface area contributed by atoms with E-state index in [-0.39, 0.29) is 0 Å². The predicted octanol–water partition coefficient (Wildman–Crippen LogP) is 5.80. The summed E-state index contributed by atoms with van der Waals surface area (Å²) in [7, 11) is 0. The maximum Gasteiger partial charge on any atom is 0.139 e. The van der Waals surface area contributed by atoms with Gasteiger partial charge in [0.1, 0.15) is 11.5 Å². The number of aromatic nitrogens is 1. The molecule has 2 heterocycles. The van der Waals surface area contributed by atoms with Crippen molar-refractivity contribution in [2.45, 2.75) is 0 Å². The highest BCUT2D eigenvalue weighted by atomic mass is 16.5. The minimum Gasteiger partial charge on any atom is -0.456 e. The van der Waals surface area contributed by atoms with Gasteiger partial charge >= 0.3 is 0 Å². The van der Waals surface area contributed by atoms with Crippen LogP contribution in [-0.4, -0.2) is 4.98 Å². The Morgan fingerprint density at radius 3 is 2.43 bits per heavy atom. The molecule has 0 saturated heterocycles. The molecule has 106 valence electrons. The van der Waals surface area contributed by atoms with Crippen molar-refractivity contribution in [3.05, 3.63) is 66.9 Å². The van der Waals surface area contributed by atoms with E-state index in [1.54, 1.807) is 0 Å². The molecule has 0 unspecified atom stereocenters. The molecule has 0 atom stereocenters. The molecule has 5 aromatic rings. The number of fused-ring (bicyclic) bond motifs is 3. The zero-order chi connectivity index (χ0) is 15.0. The van der Waals surface area contributed by atoms with Gasteiger partial charge in [0, 0.05) is 22.4 Å². The molecule has 0 aliphatic carbocycles. The van der Waals surface area contributed by atoms with Crippen LogP contribution in [-0.2, 0) is 0 Å². The van der Waals surface area contributed by atoms with Gasteiger partial charge in [0.15, 0.2) is 0 Å². The third kappa shape index (κ3) is 1.28. The number of hydrogen-bond donors (Lipinski definition) is 0. The molecule has 0 fully saturated rings. The molecule has 6 rings (SSSR count). The van der Waals surface area contributed by atoms with E-state index in [9.17, 15) is 0 Å². The molecule has 0 amide bonds. The third-order valence-corrected chi connectivity index (χ3v) is 4.86. The van der Waals surface area contributed by atoms with Gasteiger partial charge in [-0.3, -0.25) is 4.98 Å². The number of benzene rings is 4. The summed E-state index contributed by atoms with van der Waals surface area (Å²) in [5.74, 6) is 1.83. The normalized spacial score (nSPS) is 12.7. The molecule has 0 radical (unpaired) electrons. The number of pyridine rings is 1. The van der Waals surface area contributed by atoms with E-state index < -0.39 is 0 Å². The number of nitrogens with zero attached hydrogens (tertiary/aromatic N) is 1. The average Bonchev–Trinajstić information content (AvgIpc) is 2.62. The Morgan fingerprint density at radius 1 is 0.609 bits per heavy atom. The molecule has 2 nitrogen and oxygen atoms in total. The summed E-state index contributed by atoms with van der Waals surface area (Å²) >= 11 is 0. The fraction of sp³-hybridized carbons (Fsp3) is 0. The lowest BCUT2D eigenvalue weighted by atomic mass is 9.91. The van der Waals surface area contributed by atoms with E-state index in [0.717, 1.165) is 22.4 Å². The molecule has 0 bridgehead atoms. The summed E-state index contributed by atoms with van der Waals surface area (Å²) in [6.45, 7) is 0. The fourth-order valence-corrected chi connectivity index (χ4v) is 3.93. The summed E-state index contributed by atoms with van der Waals surface area (Å²) < 4.78 is 6.19. The van der Waals surface area contributed by atoms with E-state index in [0.29, 0.717) is 0 Å². The molecule has 0 spiro atoms. The number of hydrogen-bond acceptors (Lipinski definition) is 2. The lowest BCUT2D eigenvalue weighted by molar-refractivity contribution is 0.492. The van der Waals surface area contributed by atoms with Crippen LogP contribution in [0, 0.1) is 0 Å². The minimum atomic E-state index is 0.900. The van der Waals surface area contributed by atoms with Gasteiger partial charge in [-0.1, -0.05) is 48.5 Å². The SMILES string of the molecule is c1cc2c3c(c1)ccc1c4ccccc4c4nccc(c4c13)O2. The Balaban J connectivity index is 2.12. The molecule has 1 aliphatic rings. The average molecular weight is 293 g/mol. The lowest BCUT2D eigenvalue weighted by Crippen LogP contribution is -1.97. The Hall–Kier alpha value is -3.13. The Kier molecular flexibility index (Phi) is 1.89.